The van der Waals surface area contributed by atoms with E-state index in [0.29, 0.717) is 5.56 Å². The highest BCUT2D eigenvalue weighted by Crippen LogP contribution is 2.08. The van der Waals surface area contributed by atoms with Crippen molar-refractivity contribution >= 4 is 0 Å². The summed E-state index contributed by atoms with van der Waals surface area (Å²) in [4.78, 5) is 0. The van der Waals surface area contributed by atoms with E-state index in [0.717, 1.165) is 11.1 Å². The van der Waals surface area contributed by atoms with Crippen LogP contribution in [-0.2, 0) is 0 Å². The largest absolute Gasteiger partial charge is 0.384 e. The van der Waals surface area contributed by atoms with Gasteiger partial charge in [0.2, 0.25) is 0 Å². The second-order valence-electron chi connectivity index (χ2n) is 2.60. The Labute approximate surface area is 77.4 Å². The summed E-state index contributed by atoms with van der Waals surface area (Å²) in [5, 5.41) is 17.1. The molecule has 0 aliphatic carbocycles. The number of aliphatic hydroxyl groups excluding tert-OH is 1. The van der Waals surface area contributed by atoms with Crippen LogP contribution in [0.4, 0.5) is 0 Å². The molecule has 0 unspecified atom stereocenters. The number of rotatable bonds is 0. The van der Waals surface area contributed by atoms with Gasteiger partial charge >= 0.3 is 0 Å². The smallest absolute Gasteiger partial charge is 0.104 e. The summed E-state index contributed by atoms with van der Waals surface area (Å²) in [5.74, 6) is 5.37. The van der Waals surface area contributed by atoms with Gasteiger partial charge in [-0.1, -0.05) is 11.8 Å². The van der Waals surface area contributed by atoms with Crippen LogP contribution in [0.2, 0.25) is 0 Å². The van der Waals surface area contributed by atoms with E-state index in [4.69, 9.17) is 10.4 Å². The third-order valence-corrected chi connectivity index (χ3v) is 1.66. The number of hydrogen-bond acceptors (Lipinski definition) is 2. The lowest BCUT2D eigenvalue weighted by Crippen LogP contribution is -1.84. The standard InChI is InChI=1S/C11H9NO/c1-9-7-10(8-12)4-5-11(9)3-2-6-13/h4-5,7,13H,6H2,1H3. The molecular weight excluding hydrogens is 162 g/mol. The highest BCUT2D eigenvalue weighted by atomic mass is 16.2. The van der Waals surface area contributed by atoms with Gasteiger partial charge in [0.05, 0.1) is 11.6 Å². The number of nitriles is 1. The fraction of sp³-hybridized carbons (Fsp3) is 0.182. The van der Waals surface area contributed by atoms with Gasteiger partial charge in [-0.2, -0.15) is 5.26 Å². The fourth-order valence-electron chi connectivity index (χ4n) is 1.01. The van der Waals surface area contributed by atoms with Crippen LogP contribution in [0.3, 0.4) is 0 Å². The lowest BCUT2D eigenvalue weighted by atomic mass is 10.1. The molecule has 0 aromatic heterocycles. The van der Waals surface area contributed by atoms with Crippen molar-refractivity contribution in [2.45, 2.75) is 6.92 Å². The lowest BCUT2D eigenvalue weighted by Gasteiger charge is -1.96. The molecule has 0 radical (unpaired) electrons. The summed E-state index contributed by atoms with van der Waals surface area (Å²) in [6.07, 6.45) is 0. The number of aryl methyl sites for hydroxylation is 1. The molecule has 0 aliphatic heterocycles. The molecule has 0 amide bonds. The van der Waals surface area contributed by atoms with Gasteiger partial charge < -0.3 is 5.11 Å². The Morgan fingerprint density at radius 1 is 1.46 bits per heavy atom. The molecule has 1 aromatic carbocycles. The Hall–Kier alpha value is -1.77. The zero-order chi connectivity index (χ0) is 9.68. The molecule has 0 saturated carbocycles. The molecule has 13 heavy (non-hydrogen) atoms. The van der Waals surface area contributed by atoms with Crippen molar-refractivity contribution in [2.24, 2.45) is 0 Å². The van der Waals surface area contributed by atoms with Gasteiger partial charge in [-0.15, -0.1) is 0 Å². The van der Waals surface area contributed by atoms with E-state index in [2.05, 4.69) is 17.9 Å². The minimum atomic E-state index is -0.139. The summed E-state index contributed by atoms with van der Waals surface area (Å²) in [6.45, 7) is 1.75. The minimum absolute atomic E-state index is 0.139. The maximum Gasteiger partial charge on any atom is 0.104 e. The molecule has 0 atom stereocenters. The van der Waals surface area contributed by atoms with Gasteiger partial charge in [-0.25, -0.2) is 0 Å². The van der Waals surface area contributed by atoms with Gasteiger partial charge in [0, 0.05) is 5.56 Å². The normalized spacial score (nSPS) is 8.38. The first kappa shape index (κ1) is 9.32. The molecular formula is C11H9NO. The predicted octanol–water partition coefficient (Wildman–Crippen LogP) is 1.21. The van der Waals surface area contributed by atoms with Gasteiger partial charge in [-0.05, 0) is 30.7 Å². The predicted molar refractivity (Wildman–Crippen MR) is 49.9 cm³/mol. The molecule has 0 spiro atoms. The monoisotopic (exact) mass is 171 g/mol. The lowest BCUT2D eigenvalue weighted by molar-refractivity contribution is 0.350. The number of nitrogens with zero attached hydrogens (tertiary/aromatic N) is 1. The Morgan fingerprint density at radius 3 is 2.77 bits per heavy atom. The van der Waals surface area contributed by atoms with Crippen LogP contribution in [0, 0.1) is 30.1 Å². The Morgan fingerprint density at radius 2 is 2.23 bits per heavy atom. The zero-order valence-electron chi connectivity index (χ0n) is 7.33. The van der Waals surface area contributed by atoms with Crippen molar-refractivity contribution in [3.05, 3.63) is 34.9 Å². The molecule has 0 aliphatic rings. The molecule has 0 saturated heterocycles. The van der Waals surface area contributed by atoms with Crippen molar-refractivity contribution < 1.29 is 5.11 Å². The summed E-state index contributed by atoms with van der Waals surface area (Å²) in [6, 6.07) is 7.34. The first-order valence-corrected chi connectivity index (χ1v) is 3.88. The van der Waals surface area contributed by atoms with Crippen molar-refractivity contribution in [3.8, 4) is 17.9 Å². The highest BCUT2D eigenvalue weighted by molar-refractivity contribution is 5.45. The molecule has 1 N–H and O–H groups in total. The topological polar surface area (TPSA) is 44.0 Å². The minimum Gasteiger partial charge on any atom is -0.384 e. The quantitative estimate of drug-likeness (QED) is 0.596. The van der Waals surface area contributed by atoms with E-state index in [1.165, 1.54) is 0 Å². The summed E-state index contributed by atoms with van der Waals surface area (Å²) < 4.78 is 0. The SMILES string of the molecule is Cc1cc(C#N)ccc1C#CCO. The molecule has 1 rings (SSSR count). The third kappa shape index (κ3) is 2.33. The van der Waals surface area contributed by atoms with Crippen LogP contribution >= 0.6 is 0 Å². The Balaban J connectivity index is 3.07. The van der Waals surface area contributed by atoms with Gasteiger partial charge in [0.15, 0.2) is 0 Å². The summed E-state index contributed by atoms with van der Waals surface area (Å²) in [7, 11) is 0. The van der Waals surface area contributed by atoms with Crippen molar-refractivity contribution in [1.82, 2.24) is 0 Å². The maximum atomic E-state index is 8.60. The fourth-order valence-corrected chi connectivity index (χ4v) is 1.01. The molecule has 0 fully saturated rings. The van der Waals surface area contributed by atoms with Gasteiger partial charge in [0.1, 0.15) is 6.61 Å². The molecule has 1 aromatic rings. The summed E-state index contributed by atoms with van der Waals surface area (Å²) in [5.41, 5.74) is 2.44. The number of benzene rings is 1. The number of hydrogen-bond donors (Lipinski definition) is 1. The van der Waals surface area contributed by atoms with E-state index in [9.17, 15) is 0 Å². The van der Waals surface area contributed by atoms with E-state index in [-0.39, 0.29) is 6.61 Å². The molecule has 2 heteroatoms. The van der Waals surface area contributed by atoms with E-state index < -0.39 is 0 Å². The van der Waals surface area contributed by atoms with E-state index >= 15 is 0 Å². The van der Waals surface area contributed by atoms with Gasteiger partial charge in [-0.3, -0.25) is 0 Å². The molecule has 0 bridgehead atoms. The van der Waals surface area contributed by atoms with Crippen LogP contribution in [0.25, 0.3) is 0 Å². The molecule has 64 valence electrons. The van der Waals surface area contributed by atoms with Crippen LogP contribution in [0.1, 0.15) is 16.7 Å². The second kappa shape index (κ2) is 4.30. The average Bonchev–Trinajstić information content (AvgIpc) is 2.16. The van der Waals surface area contributed by atoms with Crippen molar-refractivity contribution in [2.75, 3.05) is 6.61 Å². The van der Waals surface area contributed by atoms with Crippen LogP contribution in [0.5, 0.6) is 0 Å². The second-order valence-corrected chi connectivity index (χ2v) is 2.60. The first-order chi connectivity index (χ1) is 6.27. The summed E-state index contributed by atoms with van der Waals surface area (Å²) >= 11 is 0. The zero-order valence-corrected chi connectivity index (χ0v) is 7.33. The van der Waals surface area contributed by atoms with E-state index in [1.54, 1.807) is 18.2 Å². The van der Waals surface area contributed by atoms with Crippen LogP contribution < -0.4 is 0 Å². The Bertz CT molecular complexity index is 404. The van der Waals surface area contributed by atoms with E-state index in [1.807, 2.05) is 6.92 Å². The molecule has 2 nitrogen and oxygen atoms in total. The van der Waals surface area contributed by atoms with Crippen LogP contribution in [-0.4, -0.2) is 11.7 Å². The van der Waals surface area contributed by atoms with Crippen LogP contribution in [0.15, 0.2) is 18.2 Å². The van der Waals surface area contributed by atoms with Crippen molar-refractivity contribution in [1.29, 1.82) is 5.26 Å². The molecule has 0 heterocycles. The average molecular weight is 171 g/mol. The maximum absolute atomic E-state index is 8.60. The highest BCUT2D eigenvalue weighted by Gasteiger charge is 1.95. The number of aliphatic hydroxyl groups is 1. The third-order valence-electron chi connectivity index (χ3n) is 1.66. The van der Waals surface area contributed by atoms with Gasteiger partial charge in [0.25, 0.3) is 0 Å². The first-order valence-electron chi connectivity index (χ1n) is 3.88. The van der Waals surface area contributed by atoms with Crippen molar-refractivity contribution in [3.63, 3.8) is 0 Å². The Kier molecular flexibility index (Phi) is 3.09.